The Kier molecular flexibility index (Phi) is 9.27. The number of carbonyl (C=O) groups excluding carboxylic acids is 1. The summed E-state index contributed by atoms with van der Waals surface area (Å²) in [7, 11) is -1.24. The quantitative estimate of drug-likeness (QED) is 0.218. The molecule has 0 unspecified atom stereocenters. The van der Waals surface area contributed by atoms with E-state index in [4.69, 9.17) is 11.6 Å². The summed E-state index contributed by atoms with van der Waals surface area (Å²) in [5.41, 5.74) is 3.13. The second-order valence-electron chi connectivity index (χ2n) is 8.40. The SMILES string of the molecule is Cc1ccc(CN(C)CCCCS(=O)(=O)c2ccc(CCC(=O)c3ccc(Cl)cc3)s2)cc1. The third-order valence-corrected chi connectivity index (χ3v) is 9.26. The molecule has 3 aromatic rings. The molecule has 176 valence electrons. The van der Waals surface area contributed by atoms with Crippen LogP contribution >= 0.6 is 22.9 Å². The fourth-order valence-corrected chi connectivity index (χ4v) is 6.54. The highest BCUT2D eigenvalue weighted by atomic mass is 35.5. The molecule has 0 aliphatic rings. The van der Waals surface area contributed by atoms with Gasteiger partial charge in [-0.15, -0.1) is 11.3 Å². The minimum absolute atomic E-state index is 0.0271. The van der Waals surface area contributed by atoms with Gasteiger partial charge in [-0.2, -0.15) is 0 Å². The predicted octanol–water partition coefficient (Wildman–Crippen LogP) is 6.21. The molecule has 0 fully saturated rings. The topological polar surface area (TPSA) is 54.5 Å². The van der Waals surface area contributed by atoms with Crippen LogP contribution in [0.2, 0.25) is 5.02 Å². The number of sulfone groups is 1. The van der Waals surface area contributed by atoms with Crippen molar-refractivity contribution in [1.29, 1.82) is 0 Å². The van der Waals surface area contributed by atoms with Crippen LogP contribution in [0.5, 0.6) is 0 Å². The lowest BCUT2D eigenvalue weighted by molar-refractivity contribution is 0.0983. The number of halogens is 1. The van der Waals surface area contributed by atoms with E-state index >= 15 is 0 Å². The summed E-state index contributed by atoms with van der Waals surface area (Å²) in [5, 5.41) is 0.595. The van der Waals surface area contributed by atoms with Gasteiger partial charge in [0.25, 0.3) is 0 Å². The predicted molar refractivity (Wildman–Crippen MR) is 137 cm³/mol. The number of ketones is 1. The zero-order chi connectivity index (χ0) is 23.8. The number of hydrogen-bond donors (Lipinski definition) is 0. The molecule has 0 atom stereocenters. The van der Waals surface area contributed by atoms with E-state index in [1.807, 2.05) is 6.07 Å². The summed E-state index contributed by atoms with van der Waals surface area (Å²) in [6, 6.07) is 18.8. The number of aryl methyl sites for hydroxylation is 2. The van der Waals surface area contributed by atoms with Gasteiger partial charge in [0.2, 0.25) is 0 Å². The van der Waals surface area contributed by atoms with Crippen LogP contribution in [0.1, 0.15) is 45.6 Å². The van der Waals surface area contributed by atoms with Gasteiger partial charge in [-0.05, 0) is 81.7 Å². The Balaban J connectivity index is 1.42. The molecular weight excluding hydrogens is 474 g/mol. The number of thiophene rings is 1. The first-order chi connectivity index (χ1) is 15.7. The fourth-order valence-electron chi connectivity index (χ4n) is 3.54. The van der Waals surface area contributed by atoms with Gasteiger partial charge < -0.3 is 4.90 Å². The largest absolute Gasteiger partial charge is 0.302 e. The third-order valence-electron chi connectivity index (χ3n) is 5.48. The Bertz CT molecular complexity index is 1150. The van der Waals surface area contributed by atoms with E-state index in [-0.39, 0.29) is 11.5 Å². The second-order valence-corrected chi connectivity index (χ2v) is 12.3. The zero-order valence-electron chi connectivity index (χ0n) is 19.1. The highest BCUT2D eigenvalue weighted by Crippen LogP contribution is 2.25. The number of benzene rings is 2. The maximum atomic E-state index is 12.7. The number of unbranched alkanes of at least 4 members (excludes halogenated alkanes) is 1. The fraction of sp³-hybridized carbons (Fsp3) is 0.346. The molecular formula is C26H30ClNO3S2. The molecule has 0 saturated heterocycles. The summed E-state index contributed by atoms with van der Waals surface area (Å²) < 4.78 is 25.8. The van der Waals surface area contributed by atoms with Gasteiger partial charge in [0, 0.05) is 28.4 Å². The average molecular weight is 504 g/mol. The van der Waals surface area contributed by atoms with E-state index in [0.29, 0.717) is 34.1 Å². The van der Waals surface area contributed by atoms with Crippen molar-refractivity contribution >= 4 is 38.6 Å². The summed E-state index contributed by atoms with van der Waals surface area (Å²) in [5.74, 6) is 0.175. The molecule has 1 aromatic heterocycles. The van der Waals surface area contributed by atoms with Gasteiger partial charge in [-0.1, -0.05) is 41.4 Å². The van der Waals surface area contributed by atoms with Gasteiger partial charge in [0.05, 0.1) is 5.75 Å². The van der Waals surface area contributed by atoms with Crippen LogP contribution in [-0.2, 0) is 22.8 Å². The molecule has 2 aromatic carbocycles. The van der Waals surface area contributed by atoms with Crippen LogP contribution in [0, 0.1) is 6.92 Å². The number of hydrogen-bond acceptors (Lipinski definition) is 5. The van der Waals surface area contributed by atoms with Gasteiger partial charge in [0.1, 0.15) is 4.21 Å². The van der Waals surface area contributed by atoms with Crippen molar-refractivity contribution in [3.05, 3.63) is 87.3 Å². The van der Waals surface area contributed by atoms with Crippen molar-refractivity contribution in [2.75, 3.05) is 19.3 Å². The normalized spacial score (nSPS) is 11.8. The number of carbonyl (C=O) groups is 1. The first-order valence-corrected chi connectivity index (χ1v) is 13.9. The van der Waals surface area contributed by atoms with Crippen LogP contribution in [0.3, 0.4) is 0 Å². The van der Waals surface area contributed by atoms with Gasteiger partial charge in [0.15, 0.2) is 15.6 Å². The molecule has 0 aliphatic heterocycles. The first-order valence-electron chi connectivity index (χ1n) is 11.1. The van der Waals surface area contributed by atoms with E-state index in [0.717, 1.165) is 24.4 Å². The minimum Gasteiger partial charge on any atom is -0.302 e. The molecule has 0 N–H and O–H groups in total. The van der Waals surface area contributed by atoms with Crippen LogP contribution in [0.4, 0.5) is 0 Å². The molecule has 4 nitrogen and oxygen atoms in total. The molecule has 33 heavy (non-hydrogen) atoms. The molecule has 7 heteroatoms. The van der Waals surface area contributed by atoms with Crippen molar-refractivity contribution in [1.82, 2.24) is 4.90 Å². The highest BCUT2D eigenvalue weighted by Gasteiger charge is 2.17. The van der Waals surface area contributed by atoms with E-state index in [2.05, 4.69) is 43.1 Å². The van der Waals surface area contributed by atoms with Crippen LogP contribution in [-0.4, -0.2) is 38.4 Å². The summed E-state index contributed by atoms with van der Waals surface area (Å²) in [6.45, 7) is 3.79. The molecule has 0 saturated carbocycles. The van der Waals surface area contributed by atoms with Gasteiger partial charge >= 0.3 is 0 Å². The van der Waals surface area contributed by atoms with E-state index in [9.17, 15) is 13.2 Å². The number of nitrogens with zero attached hydrogens (tertiary/aromatic N) is 1. The van der Waals surface area contributed by atoms with Gasteiger partial charge in [-0.25, -0.2) is 8.42 Å². The monoisotopic (exact) mass is 503 g/mol. The Hall–Kier alpha value is -1.99. The Morgan fingerprint density at radius 1 is 0.970 bits per heavy atom. The highest BCUT2D eigenvalue weighted by molar-refractivity contribution is 7.93. The second kappa shape index (κ2) is 11.9. The van der Waals surface area contributed by atoms with Crippen molar-refractivity contribution in [2.24, 2.45) is 0 Å². The maximum absolute atomic E-state index is 12.7. The van der Waals surface area contributed by atoms with Crippen molar-refractivity contribution in [2.45, 2.75) is 43.4 Å². The average Bonchev–Trinajstić information content (AvgIpc) is 3.27. The van der Waals surface area contributed by atoms with E-state index < -0.39 is 9.84 Å². The van der Waals surface area contributed by atoms with Crippen molar-refractivity contribution in [3.8, 4) is 0 Å². The molecule has 1 heterocycles. The van der Waals surface area contributed by atoms with Crippen molar-refractivity contribution in [3.63, 3.8) is 0 Å². The number of rotatable bonds is 12. The standard InChI is InChI=1S/C26H30ClNO3S2/c1-20-5-7-21(8-6-20)19-28(2)17-3-4-18-33(30,31)26-16-14-24(32-26)13-15-25(29)22-9-11-23(27)12-10-22/h5-12,14,16H,3-4,13,15,17-19H2,1-2H3. The first kappa shape index (κ1) is 25.6. The van der Waals surface area contributed by atoms with Crippen LogP contribution < -0.4 is 0 Å². The Morgan fingerprint density at radius 2 is 1.67 bits per heavy atom. The lowest BCUT2D eigenvalue weighted by Gasteiger charge is -2.16. The van der Waals surface area contributed by atoms with Crippen LogP contribution in [0.15, 0.2) is 64.9 Å². The summed E-state index contributed by atoms with van der Waals surface area (Å²) >= 11 is 7.14. The van der Waals surface area contributed by atoms with E-state index in [1.165, 1.54) is 22.5 Å². The molecule has 0 spiro atoms. The molecule has 0 aliphatic carbocycles. The minimum atomic E-state index is -3.30. The molecule has 3 rings (SSSR count). The smallest absolute Gasteiger partial charge is 0.187 e. The number of Topliss-reactive ketones (excluding diaryl/α,β-unsaturated/α-hetero) is 1. The lowest BCUT2D eigenvalue weighted by Crippen LogP contribution is -2.19. The van der Waals surface area contributed by atoms with Crippen LogP contribution in [0.25, 0.3) is 0 Å². The summed E-state index contributed by atoms with van der Waals surface area (Å²) in [4.78, 5) is 15.5. The van der Waals surface area contributed by atoms with E-state index in [1.54, 1.807) is 30.3 Å². The molecule has 0 bridgehead atoms. The molecule has 0 amide bonds. The Morgan fingerprint density at radius 3 is 2.36 bits per heavy atom. The Labute approximate surface area is 206 Å². The maximum Gasteiger partial charge on any atom is 0.187 e. The summed E-state index contributed by atoms with van der Waals surface area (Å²) in [6.07, 6.45) is 2.33. The zero-order valence-corrected chi connectivity index (χ0v) is 21.5. The molecule has 0 radical (unpaired) electrons. The van der Waals surface area contributed by atoms with Crippen molar-refractivity contribution < 1.29 is 13.2 Å². The third kappa shape index (κ3) is 8.07. The van der Waals surface area contributed by atoms with Gasteiger partial charge in [-0.3, -0.25) is 4.79 Å². The lowest BCUT2D eigenvalue weighted by atomic mass is 10.1.